The highest BCUT2D eigenvalue weighted by atomic mass is 32.2. The number of nitrogens with zero attached hydrogens (tertiary/aromatic N) is 4. The van der Waals surface area contributed by atoms with Crippen LogP contribution >= 0.6 is 11.9 Å². The van der Waals surface area contributed by atoms with Gasteiger partial charge < -0.3 is 4.90 Å². The summed E-state index contributed by atoms with van der Waals surface area (Å²) in [6, 6.07) is 15.8. The fraction of sp³-hybridized carbons (Fsp3) is 0.469. The van der Waals surface area contributed by atoms with Gasteiger partial charge in [-0.15, -0.1) is 0 Å². The zero-order valence-electron chi connectivity index (χ0n) is 22.9. The lowest BCUT2D eigenvalue weighted by Gasteiger charge is -2.47. The second kappa shape index (κ2) is 10.3. The number of hydrogen-bond donors (Lipinski definition) is 0. The zero-order valence-corrected chi connectivity index (χ0v) is 23.7. The van der Waals surface area contributed by atoms with E-state index < -0.39 is 0 Å². The third kappa shape index (κ3) is 5.23. The van der Waals surface area contributed by atoms with Gasteiger partial charge in [0, 0.05) is 23.4 Å². The van der Waals surface area contributed by atoms with Crippen molar-refractivity contribution >= 4 is 18.0 Å². The molecule has 0 N–H and O–H groups in total. The van der Waals surface area contributed by atoms with Gasteiger partial charge in [-0.05, 0) is 123 Å². The molecule has 3 aliphatic rings. The molecule has 1 aromatic heterocycles. The fourth-order valence-corrected chi connectivity index (χ4v) is 7.42. The number of fused-ring (bicyclic) bond motifs is 2. The number of hydrogen-bond acceptors (Lipinski definition) is 4. The summed E-state index contributed by atoms with van der Waals surface area (Å²) in [6.07, 6.45) is 10.4. The van der Waals surface area contributed by atoms with E-state index in [4.69, 9.17) is 5.10 Å². The average molecular weight is 531 g/mol. The first-order chi connectivity index (χ1) is 18.3. The summed E-state index contributed by atoms with van der Waals surface area (Å²) in [6.45, 7) is 12.6. The Bertz CT molecular complexity index is 1300. The van der Waals surface area contributed by atoms with E-state index >= 15 is 0 Å². The van der Waals surface area contributed by atoms with Crippen LogP contribution in [0.3, 0.4) is 0 Å². The monoisotopic (exact) mass is 530 g/mol. The normalized spacial score (nSPS) is 22.3. The van der Waals surface area contributed by atoms with E-state index in [0.29, 0.717) is 0 Å². The molecular formula is C32H39FN4S. The van der Waals surface area contributed by atoms with Crippen LogP contribution in [0.4, 0.5) is 4.39 Å². The highest BCUT2D eigenvalue weighted by Gasteiger charge is 2.43. The minimum absolute atomic E-state index is 0.128. The maximum atomic E-state index is 13.6. The first-order valence-electron chi connectivity index (χ1n) is 14.1. The van der Waals surface area contributed by atoms with Crippen LogP contribution in [-0.4, -0.2) is 51.7 Å². The Morgan fingerprint density at radius 2 is 1.71 bits per heavy atom. The molecule has 0 spiro atoms. The summed E-state index contributed by atoms with van der Waals surface area (Å²) in [7, 11) is 0. The Morgan fingerprint density at radius 1 is 0.974 bits per heavy atom. The van der Waals surface area contributed by atoms with E-state index in [2.05, 4.69) is 60.3 Å². The smallest absolute Gasteiger partial charge is 0.123 e. The quantitative estimate of drug-likeness (QED) is 0.316. The van der Waals surface area contributed by atoms with Crippen LogP contribution in [0.1, 0.15) is 63.3 Å². The topological polar surface area (TPSA) is 24.3 Å². The van der Waals surface area contributed by atoms with Gasteiger partial charge in [0.1, 0.15) is 5.82 Å². The molecule has 2 fully saturated rings. The maximum absolute atomic E-state index is 13.6. The second-order valence-electron chi connectivity index (χ2n) is 12.3. The van der Waals surface area contributed by atoms with Crippen molar-refractivity contribution in [1.29, 1.82) is 0 Å². The minimum atomic E-state index is -0.216. The Labute approximate surface area is 231 Å². The van der Waals surface area contributed by atoms with Crippen LogP contribution in [0.2, 0.25) is 0 Å². The molecule has 2 aromatic carbocycles. The van der Waals surface area contributed by atoms with Gasteiger partial charge in [-0.1, -0.05) is 38.5 Å². The molecule has 38 heavy (non-hydrogen) atoms. The first-order valence-corrected chi connectivity index (χ1v) is 14.9. The van der Waals surface area contributed by atoms with Crippen molar-refractivity contribution in [3.63, 3.8) is 0 Å². The van der Waals surface area contributed by atoms with Crippen molar-refractivity contribution in [2.45, 2.75) is 63.2 Å². The van der Waals surface area contributed by atoms with Crippen LogP contribution in [0.15, 0.2) is 65.2 Å². The van der Waals surface area contributed by atoms with Crippen molar-refractivity contribution in [3.8, 4) is 5.69 Å². The molecule has 1 aliphatic carbocycles. The SMILES string of the molecule is CC(C)(C)c1ccc(SN2CCC3=Cc4c(cnn4-c4ccc(F)cc4)C[C@]3(CCN3CCCC3)C2)cc1. The standard InChI is InChI=1S/C32H39FN4S/c1-31(2,3)25-6-12-29(13-7-25)38-36-18-14-26-20-30-24(22-34-37(30)28-10-8-27(33)9-11-28)21-32(26,23-36)15-19-35-16-4-5-17-35/h6-13,20,22H,4-5,14-19,21,23H2,1-3H3/t32-/m1/s1. The van der Waals surface area contributed by atoms with E-state index in [-0.39, 0.29) is 16.6 Å². The Morgan fingerprint density at radius 3 is 2.42 bits per heavy atom. The second-order valence-corrected chi connectivity index (χ2v) is 13.5. The molecule has 1 atom stereocenters. The summed E-state index contributed by atoms with van der Waals surface area (Å²) in [4.78, 5) is 3.97. The molecule has 0 radical (unpaired) electrons. The van der Waals surface area contributed by atoms with Gasteiger partial charge >= 0.3 is 0 Å². The van der Waals surface area contributed by atoms with Crippen LogP contribution in [0, 0.1) is 11.2 Å². The average Bonchev–Trinajstić information content (AvgIpc) is 3.56. The Kier molecular flexibility index (Phi) is 7.00. The zero-order chi connectivity index (χ0) is 26.3. The number of halogens is 1. The number of rotatable bonds is 6. The van der Waals surface area contributed by atoms with E-state index in [1.165, 1.54) is 66.2 Å². The molecule has 0 amide bonds. The van der Waals surface area contributed by atoms with Gasteiger partial charge in [-0.2, -0.15) is 5.10 Å². The number of piperidine rings is 1. The van der Waals surface area contributed by atoms with Crippen LogP contribution < -0.4 is 0 Å². The summed E-state index contributed by atoms with van der Waals surface area (Å²) in [5.41, 5.74) is 6.64. The molecule has 2 saturated heterocycles. The molecule has 6 heteroatoms. The molecule has 3 heterocycles. The molecule has 200 valence electrons. The van der Waals surface area contributed by atoms with Gasteiger partial charge in [0.2, 0.25) is 0 Å². The molecule has 6 rings (SSSR count). The minimum Gasteiger partial charge on any atom is -0.303 e. The molecular weight excluding hydrogens is 491 g/mol. The fourth-order valence-electron chi connectivity index (χ4n) is 6.37. The van der Waals surface area contributed by atoms with E-state index in [1.807, 2.05) is 35.0 Å². The molecule has 3 aromatic rings. The molecule has 0 bridgehead atoms. The first kappa shape index (κ1) is 25.8. The van der Waals surface area contributed by atoms with Crippen molar-refractivity contribution in [1.82, 2.24) is 19.0 Å². The summed E-state index contributed by atoms with van der Waals surface area (Å²) >= 11 is 1.92. The van der Waals surface area contributed by atoms with E-state index in [1.54, 1.807) is 5.57 Å². The lowest BCUT2D eigenvalue weighted by atomic mass is 9.67. The molecule has 4 nitrogen and oxygen atoms in total. The van der Waals surface area contributed by atoms with Crippen LogP contribution in [-0.2, 0) is 11.8 Å². The van der Waals surface area contributed by atoms with Crippen molar-refractivity contribution in [3.05, 3.63) is 82.9 Å². The maximum Gasteiger partial charge on any atom is 0.123 e. The largest absolute Gasteiger partial charge is 0.303 e. The summed E-state index contributed by atoms with van der Waals surface area (Å²) in [5.74, 6) is -0.216. The summed E-state index contributed by atoms with van der Waals surface area (Å²) in [5, 5.41) is 4.76. The molecule has 2 aliphatic heterocycles. The van der Waals surface area contributed by atoms with Crippen LogP contribution in [0.25, 0.3) is 11.8 Å². The highest BCUT2D eigenvalue weighted by molar-refractivity contribution is 7.97. The van der Waals surface area contributed by atoms with Gasteiger partial charge in [-0.25, -0.2) is 13.4 Å². The van der Waals surface area contributed by atoms with E-state index in [9.17, 15) is 4.39 Å². The van der Waals surface area contributed by atoms with Crippen LogP contribution in [0.5, 0.6) is 0 Å². The molecule has 0 unspecified atom stereocenters. The number of aromatic nitrogens is 2. The lowest BCUT2D eigenvalue weighted by Crippen LogP contribution is -2.46. The predicted molar refractivity (Wildman–Crippen MR) is 155 cm³/mol. The lowest BCUT2D eigenvalue weighted by molar-refractivity contribution is 0.180. The predicted octanol–water partition coefficient (Wildman–Crippen LogP) is 7.13. The van der Waals surface area contributed by atoms with Crippen molar-refractivity contribution in [2.75, 3.05) is 32.7 Å². The third-order valence-corrected chi connectivity index (χ3v) is 9.70. The van der Waals surface area contributed by atoms with Gasteiger partial charge in [0.25, 0.3) is 0 Å². The van der Waals surface area contributed by atoms with E-state index in [0.717, 1.165) is 38.2 Å². The van der Waals surface area contributed by atoms with Crippen molar-refractivity contribution in [2.24, 2.45) is 5.41 Å². The van der Waals surface area contributed by atoms with Crippen molar-refractivity contribution < 1.29 is 4.39 Å². The van der Waals surface area contributed by atoms with Gasteiger partial charge in [0.05, 0.1) is 17.6 Å². The number of likely N-dealkylation sites (tertiary alicyclic amines) is 1. The Hall–Kier alpha value is -2.41. The molecule has 0 saturated carbocycles. The Balaban J connectivity index is 1.26. The van der Waals surface area contributed by atoms with Gasteiger partial charge in [0.15, 0.2) is 0 Å². The summed E-state index contributed by atoms with van der Waals surface area (Å²) < 4.78 is 18.2. The number of benzene rings is 2. The third-order valence-electron chi connectivity index (χ3n) is 8.65. The highest BCUT2D eigenvalue weighted by Crippen LogP contribution is 2.48. The van der Waals surface area contributed by atoms with Gasteiger partial charge in [-0.3, -0.25) is 0 Å².